The monoisotopic (exact) mass is 432 g/mol. The second-order valence-electron chi connectivity index (χ2n) is 5.96. The molecule has 2 amide bonds. The van der Waals surface area contributed by atoms with E-state index in [0.717, 1.165) is 16.3 Å². The van der Waals surface area contributed by atoms with E-state index in [4.69, 9.17) is 17.0 Å². The van der Waals surface area contributed by atoms with Crippen molar-refractivity contribution >= 4 is 63.2 Å². The fourth-order valence-corrected chi connectivity index (χ4v) is 4.65. The number of hydrogen-bond donors (Lipinski definition) is 1. The summed E-state index contributed by atoms with van der Waals surface area (Å²) in [6.45, 7) is 2.96. The second-order valence-corrected chi connectivity index (χ2v) is 8.61. The van der Waals surface area contributed by atoms with Gasteiger partial charge in [-0.15, -0.1) is 11.3 Å². The van der Waals surface area contributed by atoms with E-state index in [1.165, 1.54) is 11.8 Å². The van der Waals surface area contributed by atoms with Crippen LogP contribution in [-0.4, -0.2) is 34.2 Å². The molecule has 0 radical (unpaired) electrons. The Morgan fingerprint density at radius 3 is 2.75 bits per heavy atom. The minimum Gasteiger partial charge on any atom is -0.494 e. The van der Waals surface area contributed by atoms with E-state index >= 15 is 0 Å². The molecule has 0 saturated carbocycles. The maximum atomic E-state index is 12.5. The Labute approximate surface area is 177 Å². The third-order valence-electron chi connectivity index (χ3n) is 3.92. The summed E-state index contributed by atoms with van der Waals surface area (Å²) in [5.74, 6) is 0.588. The van der Waals surface area contributed by atoms with Gasteiger partial charge in [0.05, 0.1) is 11.5 Å². The van der Waals surface area contributed by atoms with Gasteiger partial charge in [0.1, 0.15) is 10.1 Å². The van der Waals surface area contributed by atoms with E-state index in [-0.39, 0.29) is 11.8 Å². The smallest absolute Gasteiger partial charge is 0.266 e. The largest absolute Gasteiger partial charge is 0.494 e. The van der Waals surface area contributed by atoms with Crippen LogP contribution in [0.25, 0.3) is 6.08 Å². The van der Waals surface area contributed by atoms with Gasteiger partial charge in [0, 0.05) is 23.5 Å². The highest BCUT2D eigenvalue weighted by atomic mass is 32.2. The number of nitrogens with one attached hydrogen (secondary N) is 1. The van der Waals surface area contributed by atoms with E-state index in [0.29, 0.717) is 35.2 Å². The van der Waals surface area contributed by atoms with Crippen molar-refractivity contribution < 1.29 is 14.3 Å². The van der Waals surface area contributed by atoms with Gasteiger partial charge in [-0.25, -0.2) is 0 Å². The lowest BCUT2D eigenvalue weighted by Gasteiger charge is -2.14. The number of benzene rings is 1. The highest BCUT2D eigenvalue weighted by molar-refractivity contribution is 8.26. The summed E-state index contributed by atoms with van der Waals surface area (Å²) in [7, 11) is 0. The lowest BCUT2D eigenvalue weighted by molar-refractivity contribution is -0.122. The average molecular weight is 433 g/mol. The lowest BCUT2D eigenvalue weighted by Crippen LogP contribution is -2.29. The Morgan fingerprint density at radius 1 is 1.29 bits per heavy atom. The van der Waals surface area contributed by atoms with Crippen molar-refractivity contribution in [3.8, 4) is 5.75 Å². The van der Waals surface area contributed by atoms with Crippen molar-refractivity contribution in [2.45, 2.75) is 19.8 Å². The Hall–Kier alpha value is -2.16. The molecular weight excluding hydrogens is 412 g/mol. The molecule has 1 aromatic carbocycles. The van der Waals surface area contributed by atoms with Gasteiger partial charge in [-0.3, -0.25) is 14.5 Å². The zero-order valence-corrected chi connectivity index (χ0v) is 17.8. The summed E-state index contributed by atoms with van der Waals surface area (Å²) in [4.78, 5) is 27.9. The molecule has 2 heterocycles. The molecule has 5 nitrogen and oxygen atoms in total. The number of anilines is 1. The molecule has 0 unspecified atom stereocenters. The first-order chi connectivity index (χ1) is 13.6. The van der Waals surface area contributed by atoms with E-state index < -0.39 is 0 Å². The molecule has 0 atom stereocenters. The molecule has 2 aromatic rings. The van der Waals surface area contributed by atoms with Gasteiger partial charge < -0.3 is 10.1 Å². The van der Waals surface area contributed by atoms with Crippen molar-refractivity contribution in [2.24, 2.45) is 0 Å². The average Bonchev–Trinajstić information content (AvgIpc) is 3.27. The highest BCUT2D eigenvalue weighted by Gasteiger charge is 2.31. The van der Waals surface area contributed by atoms with Crippen LogP contribution < -0.4 is 10.1 Å². The summed E-state index contributed by atoms with van der Waals surface area (Å²) in [6.07, 6.45) is 2.72. The molecule has 1 N–H and O–H groups in total. The summed E-state index contributed by atoms with van der Waals surface area (Å²) in [5.41, 5.74) is 0.720. The quantitative estimate of drug-likeness (QED) is 0.481. The van der Waals surface area contributed by atoms with Crippen LogP contribution in [0.2, 0.25) is 0 Å². The zero-order chi connectivity index (χ0) is 19.9. The highest BCUT2D eigenvalue weighted by Crippen LogP contribution is 2.33. The van der Waals surface area contributed by atoms with Crippen LogP contribution in [0.15, 0.2) is 46.7 Å². The minimum atomic E-state index is -0.0938. The van der Waals surface area contributed by atoms with Crippen LogP contribution in [0, 0.1) is 0 Å². The van der Waals surface area contributed by atoms with Crippen LogP contribution in [0.1, 0.15) is 24.6 Å². The van der Waals surface area contributed by atoms with Gasteiger partial charge in [0.2, 0.25) is 5.91 Å². The number of nitrogens with zero attached hydrogens (tertiary/aromatic N) is 1. The SMILES string of the molecule is CCOc1ccc(NC(=O)CCCN2C(=O)/C(=C/c3cccs3)SC2=S)cc1. The standard InChI is InChI=1S/C20H20N2O3S3/c1-2-25-15-9-7-14(8-10-15)21-18(23)6-3-11-22-19(24)17(28-20(22)26)13-16-5-4-12-27-16/h4-5,7-10,12-13H,2-3,6,11H2,1H3,(H,21,23)/b17-13-. The van der Waals surface area contributed by atoms with Crippen LogP contribution in [0.3, 0.4) is 0 Å². The first kappa shape index (κ1) is 20.6. The van der Waals surface area contributed by atoms with E-state index in [1.807, 2.05) is 42.6 Å². The molecule has 0 spiro atoms. The number of thioether (sulfide) groups is 1. The fraction of sp³-hybridized carbons (Fsp3) is 0.250. The van der Waals surface area contributed by atoms with Gasteiger partial charge in [-0.05, 0) is 55.1 Å². The first-order valence-electron chi connectivity index (χ1n) is 8.88. The van der Waals surface area contributed by atoms with E-state index in [9.17, 15) is 9.59 Å². The molecule has 8 heteroatoms. The maximum absolute atomic E-state index is 12.5. The predicted molar refractivity (Wildman–Crippen MR) is 120 cm³/mol. The zero-order valence-electron chi connectivity index (χ0n) is 15.3. The lowest BCUT2D eigenvalue weighted by atomic mass is 10.2. The van der Waals surface area contributed by atoms with E-state index in [1.54, 1.807) is 28.4 Å². The minimum absolute atomic E-state index is 0.0877. The van der Waals surface area contributed by atoms with Crippen LogP contribution in [0.5, 0.6) is 5.75 Å². The van der Waals surface area contributed by atoms with Crippen molar-refractivity contribution in [3.05, 3.63) is 51.6 Å². The molecular formula is C20H20N2O3S3. The number of carbonyl (C=O) groups is 2. The molecule has 3 rings (SSSR count). The number of thiophene rings is 1. The Kier molecular flexibility index (Phi) is 7.24. The van der Waals surface area contributed by atoms with Crippen LogP contribution in [-0.2, 0) is 9.59 Å². The fourth-order valence-electron chi connectivity index (χ4n) is 2.62. The van der Waals surface area contributed by atoms with Gasteiger partial charge in [-0.2, -0.15) is 0 Å². The van der Waals surface area contributed by atoms with Gasteiger partial charge in [0.15, 0.2) is 0 Å². The van der Waals surface area contributed by atoms with Crippen LogP contribution >= 0.6 is 35.3 Å². The van der Waals surface area contributed by atoms with Gasteiger partial charge in [-0.1, -0.05) is 30.0 Å². The van der Waals surface area contributed by atoms with Crippen molar-refractivity contribution in [3.63, 3.8) is 0 Å². The molecule has 1 fully saturated rings. The van der Waals surface area contributed by atoms with Gasteiger partial charge in [0.25, 0.3) is 5.91 Å². The summed E-state index contributed by atoms with van der Waals surface area (Å²) in [5, 5.41) is 4.82. The Bertz CT molecular complexity index is 877. The van der Waals surface area contributed by atoms with Crippen molar-refractivity contribution in [1.29, 1.82) is 0 Å². The molecule has 1 aliphatic rings. The molecule has 0 bridgehead atoms. The normalized spacial score (nSPS) is 15.3. The molecule has 0 aliphatic carbocycles. The molecule has 28 heavy (non-hydrogen) atoms. The predicted octanol–water partition coefficient (Wildman–Crippen LogP) is 4.77. The number of amides is 2. The second kappa shape index (κ2) is 9.86. The number of rotatable bonds is 8. The Morgan fingerprint density at radius 2 is 2.07 bits per heavy atom. The maximum Gasteiger partial charge on any atom is 0.266 e. The summed E-state index contributed by atoms with van der Waals surface area (Å²) >= 11 is 8.21. The molecule has 1 saturated heterocycles. The molecule has 1 aliphatic heterocycles. The number of thiocarbonyl (C=S) groups is 1. The third kappa shape index (κ3) is 5.43. The van der Waals surface area contributed by atoms with Crippen LogP contribution in [0.4, 0.5) is 5.69 Å². The molecule has 146 valence electrons. The number of ether oxygens (including phenoxy) is 1. The first-order valence-corrected chi connectivity index (χ1v) is 11.0. The van der Waals surface area contributed by atoms with E-state index in [2.05, 4.69) is 5.32 Å². The van der Waals surface area contributed by atoms with Gasteiger partial charge >= 0.3 is 0 Å². The summed E-state index contributed by atoms with van der Waals surface area (Å²) in [6, 6.07) is 11.2. The topological polar surface area (TPSA) is 58.6 Å². The Balaban J connectivity index is 1.47. The summed E-state index contributed by atoms with van der Waals surface area (Å²) < 4.78 is 5.92. The van der Waals surface area contributed by atoms with Crippen molar-refractivity contribution in [1.82, 2.24) is 4.90 Å². The van der Waals surface area contributed by atoms with Crippen molar-refractivity contribution in [2.75, 3.05) is 18.5 Å². The number of carbonyl (C=O) groups excluding carboxylic acids is 2. The molecule has 1 aromatic heterocycles. The number of hydrogen-bond acceptors (Lipinski definition) is 6. The third-order valence-corrected chi connectivity index (χ3v) is 6.12.